The van der Waals surface area contributed by atoms with E-state index >= 15 is 0 Å². The highest BCUT2D eigenvalue weighted by Gasteiger charge is 2.20. The molecule has 1 atom stereocenters. The molecule has 19 heavy (non-hydrogen) atoms. The van der Waals surface area contributed by atoms with Crippen molar-refractivity contribution in [3.05, 3.63) is 29.3 Å². The Labute approximate surface area is 118 Å². The Bertz CT molecular complexity index is 424. The molecule has 1 aromatic carbocycles. The van der Waals surface area contributed by atoms with Gasteiger partial charge in [-0.3, -0.25) is 0 Å². The Morgan fingerprint density at radius 2 is 1.68 bits per heavy atom. The smallest absolute Gasteiger partial charge is 0.119 e. The fraction of sp³-hybridized carbons (Fsp3) is 0.647. The maximum atomic E-state index is 9.97. The first kappa shape index (κ1) is 16.0. The van der Waals surface area contributed by atoms with Gasteiger partial charge in [0.2, 0.25) is 0 Å². The summed E-state index contributed by atoms with van der Waals surface area (Å²) in [5, 5.41) is 9.97. The van der Waals surface area contributed by atoms with E-state index in [1.54, 1.807) is 6.07 Å². The van der Waals surface area contributed by atoms with Gasteiger partial charge in [-0.15, -0.1) is 0 Å². The molecule has 0 radical (unpaired) electrons. The molecule has 2 heteroatoms. The van der Waals surface area contributed by atoms with Crippen LogP contribution in [0.25, 0.3) is 0 Å². The molecule has 1 aromatic rings. The van der Waals surface area contributed by atoms with Crippen molar-refractivity contribution < 1.29 is 5.11 Å². The molecule has 0 aliphatic carbocycles. The molecular formula is C17H29NO. The van der Waals surface area contributed by atoms with E-state index in [9.17, 15) is 5.11 Å². The molecule has 1 unspecified atom stereocenters. The van der Waals surface area contributed by atoms with E-state index in [0.29, 0.717) is 11.2 Å². The van der Waals surface area contributed by atoms with Gasteiger partial charge in [-0.1, -0.05) is 53.7 Å². The zero-order valence-corrected chi connectivity index (χ0v) is 13.2. The summed E-state index contributed by atoms with van der Waals surface area (Å²) in [4.78, 5) is 0. The molecule has 2 nitrogen and oxygen atoms in total. The highest BCUT2D eigenvalue weighted by Crippen LogP contribution is 2.34. The largest absolute Gasteiger partial charge is 0.508 e. The summed E-state index contributed by atoms with van der Waals surface area (Å²) < 4.78 is 0. The highest BCUT2D eigenvalue weighted by atomic mass is 16.3. The van der Waals surface area contributed by atoms with Crippen LogP contribution in [0.3, 0.4) is 0 Å². The van der Waals surface area contributed by atoms with Crippen LogP contribution >= 0.6 is 0 Å². The number of benzene rings is 1. The summed E-state index contributed by atoms with van der Waals surface area (Å²) in [6.07, 6.45) is 2.07. The van der Waals surface area contributed by atoms with E-state index in [1.807, 2.05) is 6.07 Å². The number of nitrogens with two attached hydrogens (primary N) is 1. The van der Waals surface area contributed by atoms with Gasteiger partial charge < -0.3 is 10.8 Å². The second-order valence-electron chi connectivity index (χ2n) is 7.73. The summed E-state index contributed by atoms with van der Waals surface area (Å²) in [5.74, 6) is 0.360. The Kier molecular flexibility index (Phi) is 4.67. The summed E-state index contributed by atoms with van der Waals surface area (Å²) in [5.41, 5.74) is 8.61. The molecule has 0 saturated heterocycles. The molecule has 3 N–H and O–H groups in total. The number of phenolic OH excluding ortho intramolecular Hbond substituents is 1. The van der Waals surface area contributed by atoms with Crippen molar-refractivity contribution >= 4 is 0 Å². The van der Waals surface area contributed by atoms with Crippen molar-refractivity contribution in [3.63, 3.8) is 0 Å². The van der Waals surface area contributed by atoms with Crippen LogP contribution in [0.5, 0.6) is 5.75 Å². The first-order valence-electron chi connectivity index (χ1n) is 7.10. The molecule has 0 saturated carbocycles. The van der Waals surface area contributed by atoms with E-state index in [4.69, 9.17) is 5.73 Å². The van der Waals surface area contributed by atoms with Gasteiger partial charge in [-0.2, -0.15) is 0 Å². The van der Waals surface area contributed by atoms with Crippen molar-refractivity contribution in [2.45, 2.75) is 65.8 Å². The molecular weight excluding hydrogens is 234 g/mol. The molecule has 0 heterocycles. The maximum absolute atomic E-state index is 9.97. The lowest BCUT2D eigenvalue weighted by Gasteiger charge is -2.24. The minimum absolute atomic E-state index is 0.0425. The zero-order chi connectivity index (χ0) is 14.8. The van der Waals surface area contributed by atoms with Crippen molar-refractivity contribution in [1.82, 2.24) is 0 Å². The summed E-state index contributed by atoms with van der Waals surface area (Å²) >= 11 is 0. The van der Waals surface area contributed by atoms with Crippen LogP contribution < -0.4 is 5.73 Å². The third-order valence-corrected chi connectivity index (χ3v) is 3.46. The van der Waals surface area contributed by atoms with Crippen molar-refractivity contribution in [3.8, 4) is 5.75 Å². The lowest BCUT2D eigenvalue weighted by molar-refractivity contribution is 0.349. The molecule has 0 amide bonds. The Morgan fingerprint density at radius 1 is 1.11 bits per heavy atom. The topological polar surface area (TPSA) is 46.2 Å². The number of hydrogen-bond acceptors (Lipinski definition) is 2. The third-order valence-electron chi connectivity index (χ3n) is 3.46. The highest BCUT2D eigenvalue weighted by molar-refractivity contribution is 5.41. The first-order chi connectivity index (χ1) is 8.50. The minimum atomic E-state index is -0.0656. The molecule has 0 bridgehead atoms. The quantitative estimate of drug-likeness (QED) is 0.842. The van der Waals surface area contributed by atoms with Crippen LogP contribution in [0, 0.1) is 5.41 Å². The number of phenols is 1. The second-order valence-corrected chi connectivity index (χ2v) is 7.73. The van der Waals surface area contributed by atoms with Gasteiger partial charge in [0.1, 0.15) is 5.75 Å². The van der Waals surface area contributed by atoms with E-state index in [1.165, 1.54) is 0 Å². The van der Waals surface area contributed by atoms with Gasteiger partial charge >= 0.3 is 0 Å². The standard InChI is InChI=1S/C17H29NO/c1-16(2,3)10-9-14(18)12-7-8-15(19)13(11-12)17(4,5)6/h7-8,11,14,19H,9-10,18H2,1-6H3. The Hall–Kier alpha value is -1.02. The van der Waals surface area contributed by atoms with E-state index in [-0.39, 0.29) is 11.5 Å². The van der Waals surface area contributed by atoms with Gasteiger partial charge in [0.15, 0.2) is 0 Å². The lowest BCUT2D eigenvalue weighted by Crippen LogP contribution is -2.17. The van der Waals surface area contributed by atoms with Crippen LogP contribution in [0.1, 0.15) is 71.6 Å². The number of hydrogen-bond donors (Lipinski definition) is 2. The average Bonchev–Trinajstić information content (AvgIpc) is 2.24. The molecule has 0 fully saturated rings. The zero-order valence-electron chi connectivity index (χ0n) is 13.2. The fourth-order valence-corrected chi connectivity index (χ4v) is 2.14. The Balaban J connectivity index is 2.90. The first-order valence-corrected chi connectivity index (χ1v) is 7.10. The fourth-order valence-electron chi connectivity index (χ4n) is 2.14. The predicted molar refractivity (Wildman–Crippen MR) is 82.4 cm³/mol. The molecule has 0 spiro atoms. The van der Waals surface area contributed by atoms with E-state index < -0.39 is 0 Å². The van der Waals surface area contributed by atoms with Crippen molar-refractivity contribution in [1.29, 1.82) is 0 Å². The molecule has 0 aliphatic heterocycles. The SMILES string of the molecule is CC(C)(C)CCC(N)c1ccc(O)c(C(C)(C)C)c1. The van der Waals surface area contributed by atoms with Gasteiger partial charge in [0.25, 0.3) is 0 Å². The van der Waals surface area contributed by atoms with E-state index in [0.717, 1.165) is 24.0 Å². The summed E-state index contributed by atoms with van der Waals surface area (Å²) in [6.45, 7) is 13.0. The predicted octanol–water partition coefficient (Wildman–Crippen LogP) is 4.52. The number of rotatable bonds is 3. The van der Waals surface area contributed by atoms with Gasteiger partial charge in [0, 0.05) is 6.04 Å². The van der Waals surface area contributed by atoms with Crippen LogP contribution in [0.15, 0.2) is 18.2 Å². The van der Waals surface area contributed by atoms with Crippen molar-refractivity contribution in [2.24, 2.45) is 11.1 Å². The van der Waals surface area contributed by atoms with Gasteiger partial charge in [-0.25, -0.2) is 0 Å². The molecule has 1 rings (SSSR count). The third kappa shape index (κ3) is 4.87. The normalized spacial score (nSPS) is 14.5. The Morgan fingerprint density at radius 3 is 2.16 bits per heavy atom. The second kappa shape index (κ2) is 5.54. The van der Waals surface area contributed by atoms with Gasteiger partial charge in [-0.05, 0) is 40.9 Å². The van der Waals surface area contributed by atoms with Crippen LogP contribution in [-0.2, 0) is 5.41 Å². The lowest BCUT2D eigenvalue weighted by atomic mass is 9.83. The van der Waals surface area contributed by atoms with Crippen molar-refractivity contribution in [2.75, 3.05) is 0 Å². The average molecular weight is 263 g/mol. The summed E-state index contributed by atoms with van der Waals surface area (Å²) in [7, 11) is 0. The van der Waals surface area contributed by atoms with Gasteiger partial charge in [0.05, 0.1) is 0 Å². The molecule has 0 aromatic heterocycles. The van der Waals surface area contributed by atoms with E-state index in [2.05, 4.69) is 47.6 Å². The van der Waals surface area contributed by atoms with Crippen LogP contribution in [0.2, 0.25) is 0 Å². The molecule has 0 aliphatic rings. The minimum Gasteiger partial charge on any atom is -0.508 e. The monoisotopic (exact) mass is 263 g/mol. The maximum Gasteiger partial charge on any atom is 0.119 e. The molecule has 108 valence electrons. The van der Waals surface area contributed by atoms with Crippen LogP contribution in [0.4, 0.5) is 0 Å². The number of aromatic hydroxyl groups is 1. The summed E-state index contributed by atoms with van der Waals surface area (Å²) in [6, 6.07) is 5.81. The van der Waals surface area contributed by atoms with Crippen LogP contribution in [-0.4, -0.2) is 5.11 Å².